The van der Waals surface area contributed by atoms with Crippen molar-refractivity contribution in [2.24, 2.45) is 5.10 Å². The van der Waals surface area contributed by atoms with Crippen molar-refractivity contribution in [3.8, 4) is 23.0 Å². The van der Waals surface area contributed by atoms with Crippen LogP contribution in [-0.4, -0.2) is 45.0 Å². The van der Waals surface area contributed by atoms with Gasteiger partial charge in [-0.05, 0) is 77.3 Å². The number of halogens is 1. The molecule has 0 aliphatic heterocycles. The number of ether oxygens (including phenoxy) is 4. The van der Waals surface area contributed by atoms with Crippen LogP contribution in [0.2, 0.25) is 0 Å². The lowest BCUT2D eigenvalue weighted by Gasteiger charge is -2.13. The molecule has 38 heavy (non-hydrogen) atoms. The van der Waals surface area contributed by atoms with E-state index in [4.69, 9.17) is 18.9 Å². The highest BCUT2D eigenvalue weighted by Crippen LogP contribution is 2.36. The highest BCUT2D eigenvalue weighted by Gasteiger charge is 2.14. The SMILES string of the molecule is CCCOc1ccc(C(=O)N/N=C/c2cc(Br)c(OCC(=O)Nc3ccccc3)c(OC)c2)cc1OCC. The molecule has 200 valence electrons. The minimum absolute atomic E-state index is 0.209. The van der Waals surface area contributed by atoms with Crippen LogP contribution in [0, 0.1) is 0 Å². The van der Waals surface area contributed by atoms with Crippen molar-refractivity contribution in [3.05, 3.63) is 76.3 Å². The number of para-hydroxylation sites is 1. The number of hydrazone groups is 1. The molecule has 2 N–H and O–H groups in total. The zero-order valence-electron chi connectivity index (χ0n) is 21.5. The van der Waals surface area contributed by atoms with Gasteiger partial charge in [-0.2, -0.15) is 5.10 Å². The summed E-state index contributed by atoms with van der Waals surface area (Å²) in [6.07, 6.45) is 2.33. The molecule has 0 heterocycles. The molecule has 0 fully saturated rings. The van der Waals surface area contributed by atoms with Gasteiger partial charge in [-0.1, -0.05) is 25.1 Å². The Bertz CT molecular complexity index is 1270. The summed E-state index contributed by atoms with van der Waals surface area (Å²) in [7, 11) is 1.49. The van der Waals surface area contributed by atoms with E-state index in [9.17, 15) is 9.59 Å². The van der Waals surface area contributed by atoms with Crippen LogP contribution in [0.15, 0.2) is 70.2 Å². The number of hydrogen-bond acceptors (Lipinski definition) is 7. The average molecular weight is 584 g/mol. The number of methoxy groups -OCH3 is 1. The molecule has 0 unspecified atom stereocenters. The Morgan fingerprint density at radius 1 is 0.947 bits per heavy atom. The topological polar surface area (TPSA) is 107 Å². The van der Waals surface area contributed by atoms with Gasteiger partial charge in [0.2, 0.25) is 0 Å². The maximum absolute atomic E-state index is 12.6. The number of amides is 2. The summed E-state index contributed by atoms with van der Waals surface area (Å²) in [6.45, 7) is 4.67. The molecule has 0 spiro atoms. The fourth-order valence-electron chi connectivity index (χ4n) is 3.29. The van der Waals surface area contributed by atoms with Gasteiger partial charge in [0.05, 0.1) is 31.0 Å². The van der Waals surface area contributed by atoms with Crippen molar-refractivity contribution in [2.45, 2.75) is 20.3 Å². The van der Waals surface area contributed by atoms with Crippen molar-refractivity contribution in [1.29, 1.82) is 0 Å². The Kier molecular flexibility index (Phi) is 11.0. The van der Waals surface area contributed by atoms with E-state index < -0.39 is 5.91 Å². The second kappa shape index (κ2) is 14.6. The number of nitrogens with one attached hydrogen (secondary N) is 2. The van der Waals surface area contributed by atoms with Gasteiger partial charge in [-0.25, -0.2) is 5.43 Å². The van der Waals surface area contributed by atoms with E-state index in [0.717, 1.165) is 6.42 Å². The van der Waals surface area contributed by atoms with E-state index in [1.54, 1.807) is 42.5 Å². The van der Waals surface area contributed by atoms with Crippen LogP contribution in [0.25, 0.3) is 0 Å². The Morgan fingerprint density at radius 2 is 1.74 bits per heavy atom. The number of carbonyl (C=O) groups excluding carboxylic acids is 2. The molecule has 0 saturated heterocycles. The van der Waals surface area contributed by atoms with E-state index in [0.29, 0.717) is 57.5 Å². The number of rotatable bonds is 13. The van der Waals surface area contributed by atoms with Crippen molar-refractivity contribution < 1.29 is 28.5 Å². The van der Waals surface area contributed by atoms with Crippen molar-refractivity contribution in [3.63, 3.8) is 0 Å². The maximum atomic E-state index is 12.6. The zero-order chi connectivity index (χ0) is 27.3. The number of hydrogen-bond donors (Lipinski definition) is 2. The number of nitrogens with zero attached hydrogens (tertiary/aromatic N) is 1. The van der Waals surface area contributed by atoms with Gasteiger partial charge in [0.25, 0.3) is 11.8 Å². The number of benzene rings is 3. The monoisotopic (exact) mass is 583 g/mol. The molecular formula is C28H30BrN3O6. The molecule has 2 amide bonds. The van der Waals surface area contributed by atoms with Gasteiger partial charge in [-0.3, -0.25) is 9.59 Å². The predicted octanol–water partition coefficient (Wildman–Crippen LogP) is 5.43. The first-order valence-corrected chi connectivity index (χ1v) is 12.8. The van der Waals surface area contributed by atoms with Crippen molar-refractivity contribution in [1.82, 2.24) is 5.43 Å². The number of anilines is 1. The van der Waals surface area contributed by atoms with Crippen LogP contribution in [0.1, 0.15) is 36.2 Å². The van der Waals surface area contributed by atoms with Crippen LogP contribution in [0.5, 0.6) is 23.0 Å². The molecule has 0 saturated carbocycles. The van der Waals surface area contributed by atoms with E-state index in [1.165, 1.54) is 13.3 Å². The van der Waals surface area contributed by atoms with Crippen LogP contribution in [0.3, 0.4) is 0 Å². The standard InChI is InChI=1S/C28H30BrN3O6/c1-4-13-37-23-12-11-20(16-24(23)36-5-2)28(34)32-30-17-19-14-22(29)27(25(15-19)35-3)38-18-26(33)31-21-9-7-6-8-10-21/h6-12,14-17H,4-5,13,18H2,1-3H3,(H,31,33)(H,32,34)/b30-17+. The highest BCUT2D eigenvalue weighted by molar-refractivity contribution is 9.10. The Balaban J connectivity index is 1.63. The molecule has 0 aliphatic carbocycles. The van der Waals surface area contributed by atoms with E-state index in [2.05, 4.69) is 31.8 Å². The minimum atomic E-state index is -0.403. The van der Waals surface area contributed by atoms with Gasteiger partial charge in [0.15, 0.2) is 29.6 Å². The zero-order valence-corrected chi connectivity index (χ0v) is 23.0. The van der Waals surface area contributed by atoms with Crippen LogP contribution < -0.4 is 29.7 Å². The predicted molar refractivity (Wildman–Crippen MR) is 150 cm³/mol. The second-order valence-electron chi connectivity index (χ2n) is 7.88. The second-order valence-corrected chi connectivity index (χ2v) is 8.73. The third-order valence-corrected chi connectivity index (χ3v) is 5.59. The Morgan fingerprint density at radius 3 is 2.45 bits per heavy atom. The first-order chi connectivity index (χ1) is 18.4. The molecule has 3 aromatic rings. The highest BCUT2D eigenvalue weighted by atomic mass is 79.9. The van der Waals surface area contributed by atoms with Gasteiger partial charge in [0, 0.05) is 11.3 Å². The Hall–Kier alpha value is -4.05. The summed E-state index contributed by atoms with van der Waals surface area (Å²) in [4.78, 5) is 24.9. The third kappa shape index (κ3) is 8.24. The van der Waals surface area contributed by atoms with Gasteiger partial charge >= 0.3 is 0 Å². The summed E-state index contributed by atoms with van der Waals surface area (Å²) in [6, 6.07) is 17.5. The first-order valence-electron chi connectivity index (χ1n) is 12.0. The van der Waals surface area contributed by atoms with Crippen molar-refractivity contribution >= 4 is 39.6 Å². The van der Waals surface area contributed by atoms with Crippen LogP contribution in [0.4, 0.5) is 5.69 Å². The molecule has 3 aromatic carbocycles. The van der Waals surface area contributed by atoms with Crippen LogP contribution in [-0.2, 0) is 4.79 Å². The molecule has 0 radical (unpaired) electrons. The molecule has 9 nitrogen and oxygen atoms in total. The summed E-state index contributed by atoms with van der Waals surface area (Å²) < 4.78 is 23.0. The lowest BCUT2D eigenvalue weighted by Crippen LogP contribution is -2.20. The lowest BCUT2D eigenvalue weighted by atomic mass is 10.2. The minimum Gasteiger partial charge on any atom is -0.493 e. The summed E-state index contributed by atoms with van der Waals surface area (Å²) >= 11 is 3.45. The maximum Gasteiger partial charge on any atom is 0.271 e. The quantitative estimate of drug-likeness (QED) is 0.205. The lowest BCUT2D eigenvalue weighted by molar-refractivity contribution is -0.118. The summed E-state index contributed by atoms with van der Waals surface area (Å²) in [5, 5.41) is 6.81. The fourth-order valence-corrected chi connectivity index (χ4v) is 3.86. The van der Waals surface area contributed by atoms with E-state index >= 15 is 0 Å². The first kappa shape index (κ1) is 28.5. The van der Waals surface area contributed by atoms with Gasteiger partial charge in [0.1, 0.15) is 0 Å². The number of carbonyl (C=O) groups is 2. The summed E-state index contributed by atoms with van der Waals surface area (Å²) in [5.41, 5.74) is 4.20. The van der Waals surface area contributed by atoms with Gasteiger partial charge in [-0.15, -0.1) is 0 Å². The largest absolute Gasteiger partial charge is 0.493 e. The van der Waals surface area contributed by atoms with Gasteiger partial charge < -0.3 is 24.3 Å². The smallest absolute Gasteiger partial charge is 0.271 e. The molecule has 0 aliphatic rings. The average Bonchev–Trinajstić information content (AvgIpc) is 2.92. The molecule has 0 atom stereocenters. The van der Waals surface area contributed by atoms with E-state index in [1.807, 2.05) is 32.0 Å². The van der Waals surface area contributed by atoms with Crippen LogP contribution >= 0.6 is 15.9 Å². The molecule has 10 heteroatoms. The Labute approximate surface area is 230 Å². The van der Waals surface area contributed by atoms with Crippen molar-refractivity contribution in [2.75, 3.05) is 32.2 Å². The molecule has 3 rings (SSSR count). The molecule has 0 aromatic heterocycles. The molecule has 0 bridgehead atoms. The third-order valence-electron chi connectivity index (χ3n) is 5.00. The normalized spacial score (nSPS) is 10.6. The van der Waals surface area contributed by atoms with E-state index in [-0.39, 0.29) is 12.5 Å². The fraction of sp³-hybridized carbons (Fsp3) is 0.250. The summed E-state index contributed by atoms with van der Waals surface area (Å²) in [5.74, 6) is 1.13. The molecular weight excluding hydrogens is 554 g/mol.